The Morgan fingerprint density at radius 3 is 2.57 bits per heavy atom. The zero-order chi connectivity index (χ0) is 11.1. The van der Waals surface area contributed by atoms with Crippen LogP contribution in [0.4, 0.5) is 0 Å². The Bertz CT molecular complexity index is 260. The number of carbonyl (C=O) groups excluding carboxylic acids is 2. The number of hydrogen-bond donors (Lipinski definition) is 0. The zero-order valence-electron chi connectivity index (χ0n) is 8.41. The van der Waals surface area contributed by atoms with Crippen LogP contribution in [0, 0.1) is 0 Å². The molecule has 0 saturated carbocycles. The minimum absolute atomic E-state index is 0.0795. The van der Waals surface area contributed by atoms with Gasteiger partial charge in [0.2, 0.25) is 0 Å². The molecule has 0 aliphatic rings. The molecule has 0 bridgehead atoms. The predicted octanol–water partition coefficient (Wildman–Crippen LogP) is -0.474. The third kappa shape index (κ3) is 5.31. The second-order valence-corrected chi connectivity index (χ2v) is 4.12. The summed E-state index contributed by atoms with van der Waals surface area (Å²) in [6.07, 6.45) is 1.06. The van der Waals surface area contributed by atoms with Crippen LogP contribution in [0.1, 0.15) is 6.92 Å². The summed E-state index contributed by atoms with van der Waals surface area (Å²) in [7, 11) is 0.595. The molecule has 0 aliphatic heterocycles. The van der Waals surface area contributed by atoms with Crippen LogP contribution >= 0.6 is 0 Å². The molecule has 0 rings (SSSR count). The molecule has 78 valence electrons. The lowest BCUT2D eigenvalue weighted by molar-refractivity contribution is -0.148. The van der Waals surface area contributed by atoms with Gasteiger partial charge in [-0.15, -0.1) is 0 Å². The molecule has 0 fully saturated rings. The average Bonchev–Trinajstić information content (AvgIpc) is 2.13. The molecule has 0 saturated heterocycles. The SMILES string of the molecule is C=CC(=O)OCC([SiH3])OC(=O)C(=C)C. The third-order valence-electron chi connectivity index (χ3n) is 1.28. The molecule has 0 heterocycles. The first-order chi connectivity index (χ1) is 6.47. The van der Waals surface area contributed by atoms with Crippen molar-refractivity contribution < 1.29 is 19.1 Å². The van der Waals surface area contributed by atoms with E-state index in [9.17, 15) is 9.59 Å². The number of rotatable bonds is 5. The highest BCUT2D eigenvalue weighted by Crippen LogP contribution is 1.96. The van der Waals surface area contributed by atoms with E-state index in [0.29, 0.717) is 15.8 Å². The highest BCUT2D eigenvalue weighted by Gasteiger charge is 2.10. The molecule has 5 heteroatoms. The van der Waals surface area contributed by atoms with Gasteiger partial charge in [-0.05, 0) is 6.92 Å². The molecule has 0 amide bonds. The van der Waals surface area contributed by atoms with Crippen molar-refractivity contribution in [1.29, 1.82) is 0 Å². The van der Waals surface area contributed by atoms with E-state index < -0.39 is 11.9 Å². The van der Waals surface area contributed by atoms with Crippen LogP contribution in [0.15, 0.2) is 24.8 Å². The van der Waals surface area contributed by atoms with Crippen molar-refractivity contribution in [3.05, 3.63) is 24.8 Å². The van der Waals surface area contributed by atoms with E-state index >= 15 is 0 Å². The number of carbonyl (C=O) groups is 2. The number of esters is 2. The second-order valence-electron chi connectivity index (χ2n) is 2.83. The molecule has 1 atom stereocenters. The molecular weight excluding hydrogens is 200 g/mol. The van der Waals surface area contributed by atoms with Crippen LogP contribution in [0.25, 0.3) is 0 Å². The van der Waals surface area contributed by atoms with Crippen LogP contribution in [-0.4, -0.2) is 34.5 Å². The molecule has 0 aromatic rings. The molecule has 14 heavy (non-hydrogen) atoms. The topological polar surface area (TPSA) is 52.6 Å². The van der Waals surface area contributed by atoms with E-state index in [0.717, 1.165) is 6.08 Å². The van der Waals surface area contributed by atoms with Crippen molar-refractivity contribution in [3.8, 4) is 0 Å². The Hall–Kier alpha value is -1.36. The minimum atomic E-state index is -0.516. The molecule has 0 aromatic heterocycles. The fraction of sp³-hybridized carbons (Fsp3) is 0.333. The molecule has 1 unspecified atom stereocenters. The largest absolute Gasteiger partial charge is 0.460 e. The van der Waals surface area contributed by atoms with E-state index in [1.54, 1.807) is 6.92 Å². The second kappa shape index (κ2) is 6.15. The maximum atomic E-state index is 11.0. The first kappa shape index (κ1) is 12.6. The lowest BCUT2D eigenvalue weighted by atomic mass is 10.4. The summed E-state index contributed by atoms with van der Waals surface area (Å²) >= 11 is 0. The fourth-order valence-electron chi connectivity index (χ4n) is 0.576. The normalized spacial score (nSPS) is 11.5. The zero-order valence-corrected chi connectivity index (χ0v) is 10.4. The summed E-state index contributed by atoms with van der Waals surface area (Å²) in [5, 5.41) is 0. The maximum absolute atomic E-state index is 11.0. The Labute approximate surface area is 86.0 Å². The van der Waals surface area contributed by atoms with Gasteiger partial charge in [0.05, 0.1) is 10.2 Å². The monoisotopic (exact) mass is 214 g/mol. The van der Waals surface area contributed by atoms with Crippen molar-refractivity contribution in [2.24, 2.45) is 0 Å². The van der Waals surface area contributed by atoms with Crippen LogP contribution in [0.2, 0.25) is 0 Å². The summed E-state index contributed by atoms with van der Waals surface area (Å²) in [5.74, 6) is -0.975. The Morgan fingerprint density at radius 2 is 2.14 bits per heavy atom. The van der Waals surface area contributed by atoms with Gasteiger partial charge in [-0.3, -0.25) is 0 Å². The molecule has 0 aliphatic carbocycles. The van der Waals surface area contributed by atoms with E-state index in [1.165, 1.54) is 0 Å². The van der Waals surface area contributed by atoms with Gasteiger partial charge in [0.1, 0.15) is 12.3 Å². The molecule has 0 spiro atoms. The average molecular weight is 214 g/mol. The summed E-state index contributed by atoms with van der Waals surface area (Å²) in [5.41, 5.74) is -0.0102. The van der Waals surface area contributed by atoms with Crippen LogP contribution in [-0.2, 0) is 19.1 Å². The van der Waals surface area contributed by atoms with Gasteiger partial charge in [0.15, 0.2) is 0 Å². The van der Waals surface area contributed by atoms with Gasteiger partial charge in [-0.25, -0.2) is 9.59 Å². The molecule has 0 radical (unpaired) electrons. The van der Waals surface area contributed by atoms with Crippen LogP contribution < -0.4 is 0 Å². The Balaban J connectivity index is 3.81. The molecule has 0 N–H and O–H groups in total. The Kier molecular flexibility index (Phi) is 5.55. The van der Waals surface area contributed by atoms with Crippen molar-refractivity contribution in [2.75, 3.05) is 6.61 Å². The quantitative estimate of drug-likeness (QED) is 0.352. The van der Waals surface area contributed by atoms with Gasteiger partial charge in [-0.2, -0.15) is 0 Å². The summed E-state index contributed by atoms with van der Waals surface area (Å²) in [6, 6.07) is 0. The lowest BCUT2D eigenvalue weighted by Crippen LogP contribution is -2.25. The fourth-order valence-corrected chi connectivity index (χ4v) is 0.956. The molecule has 4 nitrogen and oxygen atoms in total. The van der Waals surface area contributed by atoms with Crippen molar-refractivity contribution in [2.45, 2.75) is 12.7 Å². The van der Waals surface area contributed by atoms with Gasteiger partial charge in [0, 0.05) is 11.6 Å². The van der Waals surface area contributed by atoms with Gasteiger partial charge in [-0.1, -0.05) is 13.2 Å². The number of hydrogen-bond acceptors (Lipinski definition) is 4. The van der Waals surface area contributed by atoms with E-state index in [4.69, 9.17) is 9.47 Å². The summed E-state index contributed by atoms with van der Waals surface area (Å²) < 4.78 is 9.62. The summed E-state index contributed by atoms with van der Waals surface area (Å²) in [4.78, 5) is 21.7. The highest BCUT2D eigenvalue weighted by atomic mass is 28.1. The molecular formula is C9H14O4Si. The van der Waals surface area contributed by atoms with Crippen LogP contribution in [0.5, 0.6) is 0 Å². The first-order valence-electron chi connectivity index (χ1n) is 4.13. The predicted molar refractivity (Wildman–Crippen MR) is 55.8 cm³/mol. The van der Waals surface area contributed by atoms with Gasteiger partial charge >= 0.3 is 11.9 Å². The molecule has 0 aromatic carbocycles. The minimum Gasteiger partial charge on any atom is -0.460 e. The van der Waals surface area contributed by atoms with Gasteiger partial charge in [0.25, 0.3) is 0 Å². The van der Waals surface area contributed by atoms with Crippen molar-refractivity contribution >= 4 is 22.2 Å². The van der Waals surface area contributed by atoms with E-state index in [2.05, 4.69) is 13.2 Å². The number of ether oxygens (including phenoxy) is 2. The van der Waals surface area contributed by atoms with Gasteiger partial charge < -0.3 is 9.47 Å². The van der Waals surface area contributed by atoms with Crippen molar-refractivity contribution in [3.63, 3.8) is 0 Å². The third-order valence-corrected chi connectivity index (χ3v) is 1.85. The first-order valence-corrected chi connectivity index (χ1v) is 5.28. The Morgan fingerprint density at radius 1 is 1.57 bits per heavy atom. The smallest absolute Gasteiger partial charge is 0.333 e. The summed E-state index contributed by atoms with van der Waals surface area (Å²) in [6.45, 7) is 8.32. The lowest BCUT2D eigenvalue weighted by Gasteiger charge is -2.12. The van der Waals surface area contributed by atoms with E-state index in [1.807, 2.05) is 0 Å². The standard InChI is InChI=1S/C9H14O4Si/c1-4-7(10)12-5-8(14)13-9(11)6(2)3/h4,8H,1-2,5H2,3,14H3. The highest BCUT2D eigenvalue weighted by molar-refractivity contribution is 6.12. The van der Waals surface area contributed by atoms with E-state index in [-0.39, 0.29) is 12.3 Å². The van der Waals surface area contributed by atoms with Crippen LogP contribution in [0.3, 0.4) is 0 Å². The van der Waals surface area contributed by atoms with Crippen molar-refractivity contribution in [1.82, 2.24) is 0 Å². The maximum Gasteiger partial charge on any atom is 0.333 e.